The molecule has 0 aliphatic heterocycles. The van der Waals surface area contributed by atoms with E-state index in [1.165, 1.54) is 0 Å². The molecular weight excluding hydrogens is 202 g/mol. The average molecular weight is 213 g/mol. The van der Waals surface area contributed by atoms with E-state index in [0.717, 1.165) is 5.56 Å². The molecule has 0 saturated heterocycles. The number of anilines is 1. The number of aromatic hydroxyl groups is 1. The molecule has 0 heterocycles. The van der Waals surface area contributed by atoms with E-state index < -0.39 is 0 Å². The maximum absolute atomic E-state index is 10.7. The Kier molecular flexibility index (Phi) is 2.60. The van der Waals surface area contributed by atoms with Crippen molar-refractivity contribution in [2.45, 2.75) is 0 Å². The molecule has 0 atom stereocenters. The summed E-state index contributed by atoms with van der Waals surface area (Å²) >= 11 is 0. The van der Waals surface area contributed by atoms with Crippen LogP contribution in [0.4, 0.5) is 5.69 Å². The molecule has 2 aromatic carbocycles. The van der Waals surface area contributed by atoms with E-state index in [1.54, 1.807) is 42.5 Å². The Hall–Kier alpha value is -2.29. The van der Waals surface area contributed by atoms with Gasteiger partial charge in [-0.2, -0.15) is 0 Å². The van der Waals surface area contributed by atoms with Crippen LogP contribution in [0.2, 0.25) is 0 Å². The Morgan fingerprint density at radius 3 is 2.38 bits per heavy atom. The van der Waals surface area contributed by atoms with Crippen molar-refractivity contribution in [1.82, 2.24) is 0 Å². The molecule has 16 heavy (non-hydrogen) atoms. The molecule has 0 spiro atoms. The SMILES string of the molecule is Nc1ccc(-c2cccc(C=O)c2O)cc1. The van der Waals surface area contributed by atoms with Gasteiger partial charge in [0.1, 0.15) is 5.75 Å². The zero-order valence-corrected chi connectivity index (χ0v) is 8.55. The van der Waals surface area contributed by atoms with Crippen LogP contribution in [0, 0.1) is 0 Å². The van der Waals surface area contributed by atoms with Crippen molar-refractivity contribution in [3.8, 4) is 16.9 Å². The molecule has 0 aromatic heterocycles. The van der Waals surface area contributed by atoms with Gasteiger partial charge in [0.25, 0.3) is 0 Å². The van der Waals surface area contributed by atoms with Crippen molar-refractivity contribution in [3.63, 3.8) is 0 Å². The lowest BCUT2D eigenvalue weighted by Crippen LogP contribution is -1.87. The summed E-state index contributed by atoms with van der Waals surface area (Å²) in [6.07, 6.45) is 0.635. The van der Waals surface area contributed by atoms with E-state index in [1.807, 2.05) is 0 Å². The number of benzene rings is 2. The molecule has 0 aliphatic carbocycles. The van der Waals surface area contributed by atoms with E-state index in [2.05, 4.69) is 0 Å². The third kappa shape index (κ3) is 1.75. The van der Waals surface area contributed by atoms with Gasteiger partial charge in [0.2, 0.25) is 0 Å². The number of carbonyl (C=O) groups is 1. The first-order valence-electron chi connectivity index (χ1n) is 4.85. The fourth-order valence-corrected chi connectivity index (χ4v) is 1.55. The molecule has 0 saturated carbocycles. The lowest BCUT2D eigenvalue weighted by Gasteiger charge is -2.06. The molecule has 0 amide bonds. The monoisotopic (exact) mass is 213 g/mol. The molecule has 0 aliphatic rings. The van der Waals surface area contributed by atoms with E-state index in [4.69, 9.17) is 5.73 Å². The van der Waals surface area contributed by atoms with Gasteiger partial charge in [-0.3, -0.25) is 4.79 Å². The van der Waals surface area contributed by atoms with Crippen LogP contribution in [0.25, 0.3) is 11.1 Å². The third-order valence-electron chi connectivity index (χ3n) is 2.42. The molecule has 80 valence electrons. The molecule has 0 unspecified atom stereocenters. The summed E-state index contributed by atoms with van der Waals surface area (Å²) in [6.45, 7) is 0. The van der Waals surface area contributed by atoms with E-state index >= 15 is 0 Å². The molecule has 3 nitrogen and oxygen atoms in total. The summed E-state index contributed by atoms with van der Waals surface area (Å²) in [5.74, 6) is 0.00210. The van der Waals surface area contributed by atoms with Gasteiger partial charge in [-0.1, -0.05) is 24.3 Å². The Balaban J connectivity index is 2.56. The summed E-state index contributed by atoms with van der Waals surface area (Å²) in [4.78, 5) is 10.7. The summed E-state index contributed by atoms with van der Waals surface area (Å²) in [6, 6.07) is 12.2. The number of nitrogens with two attached hydrogens (primary N) is 1. The van der Waals surface area contributed by atoms with Gasteiger partial charge in [-0.05, 0) is 23.8 Å². The van der Waals surface area contributed by atoms with Crippen molar-refractivity contribution in [1.29, 1.82) is 0 Å². The molecule has 2 aromatic rings. The minimum atomic E-state index is 0.00210. The van der Waals surface area contributed by atoms with Crippen LogP contribution in [-0.4, -0.2) is 11.4 Å². The Labute approximate surface area is 93.1 Å². The number of hydrogen-bond donors (Lipinski definition) is 2. The van der Waals surface area contributed by atoms with E-state index in [-0.39, 0.29) is 11.3 Å². The van der Waals surface area contributed by atoms with Gasteiger partial charge in [0, 0.05) is 11.3 Å². The number of carbonyl (C=O) groups excluding carboxylic acids is 1. The van der Waals surface area contributed by atoms with Crippen LogP contribution < -0.4 is 5.73 Å². The molecule has 0 fully saturated rings. The quantitative estimate of drug-likeness (QED) is 0.595. The number of phenols is 1. The number of nitrogen functional groups attached to an aromatic ring is 1. The predicted molar refractivity (Wildman–Crippen MR) is 63.3 cm³/mol. The van der Waals surface area contributed by atoms with Crippen LogP contribution in [0.15, 0.2) is 42.5 Å². The lowest BCUT2D eigenvalue weighted by molar-refractivity contribution is 0.112. The highest BCUT2D eigenvalue weighted by atomic mass is 16.3. The minimum Gasteiger partial charge on any atom is -0.507 e. The van der Waals surface area contributed by atoms with Gasteiger partial charge in [0.15, 0.2) is 6.29 Å². The van der Waals surface area contributed by atoms with E-state index in [0.29, 0.717) is 17.5 Å². The van der Waals surface area contributed by atoms with Gasteiger partial charge in [0.05, 0.1) is 5.56 Å². The maximum atomic E-state index is 10.7. The van der Waals surface area contributed by atoms with Crippen LogP contribution >= 0.6 is 0 Å². The van der Waals surface area contributed by atoms with Crippen molar-refractivity contribution in [2.75, 3.05) is 5.73 Å². The first-order valence-corrected chi connectivity index (χ1v) is 4.85. The Morgan fingerprint density at radius 1 is 1.06 bits per heavy atom. The second-order valence-electron chi connectivity index (χ2n) is 3.48. The van der Waals surface area contributed by atoms with Crippen molar-refractivity contribution >= 4 is 12.0 Å². The minimum absolute atomic E-state index is 0.00210. The van der Waals surface area contributed by atoms with Crippen LogP contribution in [0.3, 0.4) is 0 Å². The van der Waals surface area contributed by atoms with Crippen LogP contribution in [0.5, 0.6) is 5.75 Å². The van der Waals surface area contributed by atoms with Gasteiger partial charge in [-0.15, -0.1) is 0 Å². The highest BCUT2D eigenvalue weighted by Crippen LogP contribution is 2.31. The Morgan fingerprint density at radius 2 is 1.75 bits per heavy atom. The Bertz CT molecular complexity index is 518. The van der Waals surface area contributed by atoms with Crippen molar-refractivity contribution in [2.24, 2.45) is 0 Å². The molecule has 2 rings (SSSR count). The van der Waals surface area contributed by atoms with Crippen molar-refractivity contribution < 1.29 is 9.90 Å². The molecular formula is C13H11NO2. The first kappa shape index (κ1) is 10.2. The van der Waals surface area contributed by atoms with Gasteiger partial charge in [-0.25, -0.2) is 0 Å². The number of para-hydroxylation sites is 1. The second-order valence-corrected chi connectivity index (χ2v) is 3.48. The zero-order valence-electron chi connectivity index (χ0n) is 8.55. The largest absolute Gasteiger partial charge is 0.507 e. The highest BCUT2D eigenvalue weighted by Gasteiger charge is 2.07. The number of phenolic OH excluding ortho intramolecular Hbond substituents is 1. The second kappa shape index (κ2) is 4.06. The fraction of sp³-hybridized carbons (Fsp3) is 0. The third-order valence-corrected chi connectivity index (χ3v) is 2.42. The predicted octanol–water partition coefficient (Wildman–Crippen LogP) is 2.45. The molecule has 3 heteroatoms. The lowest BCUT2D eigenvalue weighted by atomic mass is 10.0. The number of hydrogen-bond acceptors (Lipinski definition) is 3. The standard InChI is InChI=1S/C13H11NO2/c14-11-6-4-9(5-7-11)12-3-1-2-10(8-15)13(12)16/h1-8,16H,14H2. The fourth-order valence-electron chi connectivity index (χ4n) is 1.55. The summed E-state index contributed by atoms with van der Waals surface area (Å²) < 4.78 is 0. The van der Waals surface area contributed by atoms with E-state index in [9.17, 15) is 9.90 Å². The van der Waals surface area contributed by atoms with Crippen LogP contribution in [-0.2, 0) is 0 Å². The molecule has 0 bridgehead atoms. The molecule has 0 radical (unpaired) electrons. The number of rotatable bonds is 2. The zero-order chi connectivity index (χ0) is 11.5. The number of aldehydes is 1. The highest BCUT2D eigenvalue weighted by molar-refractivity contribution is 5.85. The molecule has 3 N–H and O–H groups in total. The summed E-state index contributed by atoms with van der Waals surface area (Å²) in [5, 5.41) is 9.85. The van der Waals surface area contributed by atoms with Crippen molar-refractivity contribution in [3.05, 3.63) is 48.0 Å². The normalized spacial score (nSPS) is 10.0. The topological polar surface area (TPSA) is 63.3 Å². The maximum Gasteiger partial charge on any atom is 0.153 e. The first-order chi connectivity index (χ1) is 7.72. The van der Waals surface area contributed by atoms with Crippen LogP contribution in [0.1, 0.15) is 10.4 Å². The smallest absolute Gasteiger partial charge is 0.153 e. The summed E-state index contributed by atoms with van der Waals surface area (Å²) in [5.41, 5.74) is 7.99. The average Bonchev–Trinajstić information content (AvgIpc) is 2.31. The van der Waals surface area contributed by atoms with Gasteiger partial charge < -0.3 is 10.8 Å². The summed E-state index contributed by atoms with van der Waals surface area (Å²) in [7, 11) is 0. The van der Waals surface area contributed by atoms with Gasteiger partial charge >= 0.3 is 0 Å².